The Morgan fingerprint density at radius 1 is 1.87 bits per heavy atom. The molecule has 4 nitrogen and oxygen atoms in total. The van der Waals surface area contributed by atoms with Gasteiger partial charge in [-0.25, -0.2) is 4.98 Å². The Morgan fingerprint density at radius 3 is 3.13 bits per heavy atom. The van der Waals surface area contributed by atoms with Crippen molar-refractivity contribution in [3.63, 3.8) is 0 Å². The van der Waals surface area contributed by atoms with E-state index in [0.717, 1.165) is 10.7 Å². The van der Waals surface area contributed by atoms with Gasteiger partial charge in [0.25, 0.3) is 0 Å². The standard InChI is InChI=1S/C10H13N3OS/c1-3-4-8(11)10(14)12-5-9-13-7(2)6-15-9/h1,6,8H,4-5,11H2,2H3,(H,12,14). The van der Waals surface area contributed by atoms with Crippen LogP contribution in [-0.4, -0.2) is 16.9 Å². The van der Waals surface area contributed by atoms with Gasteiger partial charge in [-0.3, -0.25) is 4.79 Å². The van der Waals surface area contributed by atoms with Gasteiger partial charge in [-0.15, -0.1) is 23.7 Å². The molecule has 1 heterocycles. The number of carbonyl (C=O) groups excluding carboxylic acids is 1. The SMILES string of the molecule is C#CCC(N)C(=O)NCc1nc(C)cs1. The van der Waals surface area contributed by atoms with Crippen molar-refractivity contribution >= 4 is 17.2 Å². The van der Waals surface area contributed by atoms with E-state index < -0.39 is 6.04 Å². The fourth-order valence-electron chi connectivity index (χ4n) is 0.997. The molecule has 15 heavy (non-hydrogen) atoms. The molecule has 1 rings (SSSR count). The number of thiazole rings is 1. The molecule has 0 saturated heterocycles. The van der Waals surface area contributed by atoms with E-state index in [9.17, 15) is 4.79 Å². The number of aryl methyl sites for hydroxylation is 1. The summed E-state index contributed by atoms with van der Waals surface area (Å²) >= 11 is 1.51. The molecule has 0 aliphatic heterocycles. The fraction of sp³-hybridized carbons (Fsp3) is 0.400. The minimum atomic E-state index is -0.629. The molecule has 0 aliphatic rings. The number of hydrogen-bond donors (Lipinski definition) is 2. The lowest BCUT2D eigenvalue weighted by Crippen LogP contribution is -2.39. The van der Waals surface area contributed by atoms with Gasteiger partial charge < -0.3 is 11.1 Å². The van der Waals surface area contributed by atoms with E-state index in [2.05, 4.69) is 16.2 Å². The number of rotatable bonds is 4. The molecular weight excluding hydrogens is 210 g/mol. The van der Waals surface area contributed by atoms with Crippen LogP contribution < -0.4 is 11.1 Å². The van der Waals surface area contributed by atoms with E-state index in [4.69, 9.17) is 12.2 Å². The molecule has 80 valence electrons. The van der Waals surface area contributed by atoms with Crippen LogP contribution in [0.5, 0.6) is 0 Å². The van der Waals surface area contributed by atoms with Gasteiger partial charge in [-0.1, -0.05) is 0 Å². The van der Waals surface area contributed by atoms with E-state index in [1.54, 1.807) is 0 Å². The zero-order valence-electron chi connectivity index (χ0n) is 8.49. The van der Waals surface area contributed by atoms with E-state index in [0.29, 0.717) is 6.54 Å². The molecule has 1 unspecified atom stereocenters. The number of aromatic nitrogens is 1. The predicted molar refractivity (Wildman–Crippen MR) is 60.1 cm³/mol. The van der Waals surface area contributed by atoms with E-state index in [1.807, 2.05) is 12.3 Å². The molecule has 0 saturated carbocycles. The second-order valence-electron chi connectivity index (χ2n) is 3.12. The Hall–Kier alpha value is -1.38. The van der Waals surface area contributed by atoms with Gasteiger partial charge in [-0.05, 0) is 6.92 Å². The number of hydrogen-bond acceptors (Lipinski definition) is 4. The summed E-state index contributed by atoms with van der Waals surface area (Å²) in [5.74, 6) is 2.12. The third-order valence-electron chi connectivity index (χ3n) is 1.75. The Balaban J connectivity index is 2.38. The van der Waals surface area contributed by atoms with Crippen molar-refractivity contribution < 1.29 is 4.79 Å². The Morgan fingerprint density at radius 2 is 2.60 bits per heavy atom. The summed E-state index contributed by atoms with van der Waals surface area (Å²) in [4.78, 5) is 15.6. The molecule has 1 aromatic heterocycles. The molecular formula is C10H13N3OS. The Bertz CT molecular complexity index is 380. The van der Waals surface area contributed by atoms with Crippen LogP contribution in [0.4, 0.5) is 0 Å². The van der Waals surface area contributed by atoms with Crippen LogP contribution in [0.15, 0.2) is 5.38 Å². The fourth-order valence-corrected chi connectivity index (χ4v) is 1.71. The third kappa shape index (κ3) is 3.70. The van der Waals surface area contributed by atoms with Crippen molar-refractivity contribution in [1.29, 1.82) is 0 Å². The van der Waals surface area contributed by atoms with E-state index in [-0.39, 0.29) is 12.3 Å². The van der Waals surface area contributed by atoms with Gasteiger partial charge in [0.1, 0.15) is 5.01 Å². The monoisotopic (exact) mass is 223 g/mol. The van der Waals surface area contributed by atoms with Crippen molar-refractivity contribution in [2.24, 2.45) is 5.73 Å². The summed E-state index contributed by atoms with van der Waals surface area (Å²) in [7, 11) is 0. The maximum Gasteiger partial charge on any atom is 0.238 e. The lowest BCUT2D eigenvalue weighted by Gasteiger charge is -2.07. The van der Waals surface area contributed by atoms with Crippen LogP contribution in [0.1, 0.15) is 17.1 Å². The first kappa shape index (κ1) is 11.7. The number of amides is 1. The first-order valence-corrected chi connectivity index (χ1v) is 5.39. The van der Waals surface area contributed by atoms with E-state index >= 15 is 0 Å². The van der Waals surface area contributed by atoms with Gasteiger partial charge in [0.15, 0.2) is 0 Å². The second-order valence-corrected chi connectivity index (χ2v) is 4.06. The highest BCUT2D eigenvalue weighted by Crippen LogP contribution is 2.07. The van der Waals surface area contributed by atoms with Crippen LogP contribution in [0.2, 0.25) is 0 Å². The van der Waals surface area contributed by atoms with Gasteiger partial charge in [0.05, 0.1) is 12.6 Å². The van der Waals surface area contributed by atoms with Crippen molar-refractivity contribution in [2.75, 3.05) is 0 Å². The third-order valence-corrected chi connectivity index (χ3v) is 2.72. The molecule has 1 amide bonds. The molecule has 0 radical (unpaired) electrons. The first-order chi connectivity index (χ1) is 7.13. The van der Waals surface area contributed by atoms with Crippen molar-refractivity contribution in [3.05, 3.63) is 16.1 Å². The van der Waals surface area contributed by atoms with E-state index in [1.165, 1.54) is 11.3 Å². The average Bonchev–Trinajstić information content (AvgIpc) is 2.61. The highest BCUT2D eigenvalue weighted by Gasteiger charge is 2.11. The first-order valence-electron chi connectivity index (χ1n) is 4.51. The lowest BCUT2D eigenvalue weighted by atomic mass is 10.2. The molecule has 1 aromatic rings. The smallest absolute Gasteiger partial charge is 0.238 e. The lowest BCUT2D eigenvalue weighted by molar-refractivity contribution is -0.122. The molecule has 0 aromatic carbocycles. The summed E-state index contributed by atoms with van der Waals surface area (Å²) in [5.41, 5.74) is 6.48. The van der Waals surface area contributed by atoms with Crippen molar-refractivity contribution in [2.45, 2.75) is 25.9 Å². The van der Waals surface area contributed by atoms with Crippen LogP contribution in [0, 0.1) is 19.3 Å². The maximum atomic E-state index is 11.4. The topological polar surface area (TPSA) is 68.0 Å². The van der Waals surface area contributed by atoms with Crippen molar-refractivity contribution in [3.8, 4) is 12.3 Å². The summed E-state index contributed by atoms with van der Waals surface area (Å²) < 4.78 is 0. The normalized spacial score (nSPS) is 11.8. The van der Waals surface area contributed by atoms with Gasteiger partial charge in [0.2, 0.25) is 5.91 Å². The zero-order chi connectivity index (χ0) is 11.3. The number of nitrogens with two attached hydrogens (primary N) is 1. The molecule has 0 spiro atoms. The minimum Gasteiger partial charge on any atom is -0.348 e. The van der Waals surface area contributed by atoms with Crippen LogP contribution >= 0.6 is 11.3 Å². The van der Waals surface area contributed by atoms with Gasteiger partial charge in [-0.2, -0.15) is 0 Å². The second kappa shape index (κ2) is 5.49. The van der Waals surface area contributed by atoms with Crippen LogP contribution in [0.3, 0.4) is 0 Å². The quantitative estimate of drug-likeness (QED) is 0.727. The number of carbonyl (C=O) groups is 1. The van der Waals surface area contributed by atoms with Crippen LogP contribution in [-0.2, 0) is 11.3 Å². The molecule has 1 atom stereocenters. The van der Waals surface area contributed by atoms with Gasteiger partial charge >= 0.3 is 0 Å². The highest BCUT2D eigenvalue weighted by atomic mass is 32.1. The number of terminal acetylenes is 1. The summed E-state index contributed by atoms with van der Waals surface area (Å²) in [5, 5.41) is 5.49. The predicted octanol–water partition coefficient (Wildman–Crippen LogP) is 0.418. The number of nitrogens with one attached hydrogen (secondary N) is 1. The van der Waals surface area contributed by atoms with Crippen LogP contribution in [0.25, 0.3) is 0 Å². The molecule has 0 aliphatic carbocycles. The zero-order valence-corrected chi connectivity index (χ0v) is 9.30. The van der Waals surface area contributed by atoms with Gasteiger partial charge in [0, 0.05) is 17.5 Å². The highest BCUT2D eigenvalue weighted by molar-refractivity contribution is 7.09. The largest absolute Gasteiger partial charge is 0.348 e. The minimum absolute atomic E-state index is 0.235. The Labute approximate surface area is 92.9 Å². The average molecular weight is 223 g/mol. The summed E-state index contributed by atoms with van der Waals surface area (Å²) in [6, 6.07) is -0.629. The molecule has 0 bridgehead atoms. The molecule has 5 heteroatoms. The Kier molecular flexibility index (Phi) is 4.28. The summed E-state index contributed by atoms with van der Waals surface area (Å²) in [6.07, 6.45) is 5.31. The maximum absolute atomic E-state index is 11.4. The molecule has 3 N–H and O–H groups in total. The molecule has 0 fully saturated rings. The van der Waals surface area contributed by atoms with Crippen molar-refractivity contribution in [1.82, 2.24) is 10.3 Å². The number of nitrogens with zero attached hydrogens (tertiary/aromatic N) is 1. The summed E-state index contributed by atoms with van der Waals surface area (Å²) in [6.45, 7) is 2.32.